The third-order valence-electron chi connectivity index (χ3n) is 12.9. The van der Waals surface area contributed by atoms with Gasteiger partial charge in [-0.3, -0.25) is 18.6 Å². The highest BCUT2D eigenvalue weighted by molar-refractivity contribution is 7.47. The van der Waals surface area contributed by atoms with Gasteiger partial charge in [-0.05, 0) is 115 Å². The Labute approximate surface area is 468 Å². The second-order valence-corrected chi connectivity index (χ2v) is 22.9. The highest BCUT2D eigenvalue weighted by atomic mass is 31.2. The maximum absolute atomic E-state index is 13.5. The molecule has 9 nitrogen and oxygen atoms in total. The van der Waals surface area contributed by atoms with E-state index in [4.69, 9.17) is 13.8 Å². The Morgan fingerprint density at radius 2 is 0.842 bits per heavy atom. The second kappa shape index (κ2) is 55.0. The van der Waals surface area contributed by atoms with Crippen molar-refractivity contribution in [3.05, 3.63) is 109 Å². The molecule has 3 unspecified atom stereocenters. The summed E-state index contributed by atoms with van der Waals surface area (Å²) in [6, 6.07) is -0.881. The average molecular weight is 1080 g/mol. The highest BCUT2D eigenvalue weighted by Gasteiger charge is 2.30. The van der Waals surface area contributed by atoms with Crippen molar-refractivity contribution in [2.24, 2.45) is 0 Å². The van der Waals surface area contributed by atoms with Crippen molar-refractivity contribution < 1.29 is 37.3 Å². The summed E-state index contributed by atoms with van der Waals surface area (Å²) in [5, 5.41) is 3.03. The molecule has 0 aromatic rings. The van der Waals surface area contributed by atoms with Gasteiger partial charge in [0.1, 0.15) is 19.3 Å². The number of rotatable bonds is 54. The number of phosphoric ester groups is 1. The van der Waals surface area contributed by atoms with E-state index in [0.29, 0.717) is 17.4 Å². The van der Waals surface area contributed by atoms with E-state index in [2.05, 4.69) is 123 Å². The molecule has 2 N–H and O–H groups in total. The van der Waals surface area contributed by atoms with Crippen LogP contribution < -0.4 is 5.32 Å². The van der Waals surface area contributed by atoms with E-state index in [1.807, 2.05) is 33.3 Å². The van der Waals surface area contributed by atoms with Gasteiger partial charge >= 0.3 is 13.8 Å². The van der Waals surface area contributed by atoms with Crippen molar-refractivity contribution in [3.63, 3.8) is 0 Å². The lowest BCUT2D eigenvalue weighted by atomic mass is 10.0. The van der Waals surface area contributed by atoms with Gasteiger partial charge in [-0.1, -0.05) is 227 Å². The van der Waals surface area contributed by atoms with Gasteiger partial charge in [0.25, 0.3) is 0 Å². The molecule has 0 rings (SSSR count). The Kier molecular flexibility index (Phi) is 52.6. The fourth-order valence-corrected chi connectivity index (χ4v) is 8.94. The number of likely N-dealkylation sites (N-methyl/N-ethyl adjacent to an activating group) is 1. The van der Waals surface area contributed by atoms with Crippen LogP contribution in [-0.4, -0.2) is 74.3 Å². The van der Waals surface area contributed by atoms with E-state index in [-0.39, 0.29) is 37.9 Å². The van der Waals surface area contributed by atoms with Crippen molar-refractivity contribution in [1.82, 2.24) is 5.32 Å². The van der Waals surface area contributed by atoms with Crippen LogP contribution in [0.2, 0.25) is 0 Å². The third kappa shape index (κ3) is 55.4. The molecule has 436 valence electrons. The summed E-state index contributed by atoms with van der Waals surface area (Å²) in [7, 11) is 1.45. The van der Waals surface area contributed by atoms with Crippen molar-refractivity contribution in [2.45, 2.75) is 258 Å². The molecular formula is C66H116N2O7P+. The minimum absolute atomic E-state index is 0.0248. The number of hydrogen-bond acceptors (Lipinski definition) is 6. The predicted octanol–water partition coefficient (Wildman–Crippen LogP) is 18.9. The second-order valence-electron chi connectivity index (χ2n) is 21.5. The van der Waals surface area contributed by atoms with Crippen LogP contribution in [0, 0.1) is 0 Å². The fraction of sp³-hybridized carbons (Fsp3) is 0.697. The maximum Gasteiger partial charge on any atom is 0.472 e. The van der Waals surface area contributed by atoms with Crippen LogP contribution in [-0.2, 0) is 27.9 Å². The van der Waals surface area contributed by atoms with E-state index in [9.17, 15) is 19.0 Å². The lowest BCUT2D eigenvalue weighted by Gasteiger charge is -2.27. The van der Waals surface area contributed by atoms with Gasteiger partial charge in [0.2, 0.25) is 5.91 Å². The number of hydrogen-bond donors (Lipinski definition) is 2. The largest absolute Gasteiger partial charge is 0.472 e. The third-order valence-corrected chi connectivity index (χ3v) is 13.9. The van der Waals surface area contributed by atoms with Crippen LogP contribution in [0.3, 0.4) is 0 Å². The Morgan fingerprint density at radius 1 is 0.474 bits per heavy atom. The maximum atomic E-state index is 13.5. The first kappa shape index (κ1) is 72.7. The molecule has 3 atom stereocenters. The van der Waals surface area contributed by atoms with Gasteiger partial charge in [-0.25, -0.2) is 4.57 Å². The fourth-order valence-electron chi connectivity index (χ4n) is 8.21. The summed E-state index contributed by atoms with van der Waals surface area (Å²) in [6.45, 7) is 6.82. The first-order chi connectivity index (χ1) is 36.9. The molecule has 0 heterocycles. The topological polar surface area (TPSA) is 111 Å². The molecule has 76 heavy (non-hydrogen) atoms. The van der Waals surface area contributed by atoms with E-state index < -0.39 is 20.0 Å². The Hall–Kier alpha value is -3.33. The van der Waals surface area contributed by atoms with Crippen molar-refractivity contribution in [1.29, 1.82) is 0 Å². The van der Waals surface area contributed by atoms with Crippen LogP contribution in [0.5, 0.6) is 0 Å². The summed E-state index contributed by atoms with van der Waals surface area (Å²) < 4.78 is 30.6. The first-order valence-electron chi connectivity index (χ1n) is 30.7. The molecule has 0 aliphatic heterocycles. The summed E-state index contributed by atoms with van der Waals surface area (Å²) in [5.41, 5.74) is 0. The van der Waals surface area contributed by atoms with Crippen LogP contribution in [0.1, 0.15) is 245 Å². The number of esters is 1. The summed E-state index contributed by atoms with van der Waals surface area (Å²) in [6.07, 6.45) is 75.1. The molecule has 1 amide bonds. The number of unbranched alkanes of at least 4 members (excludes halogenated alkanes) is 22. The molecule has 10 heteroatoms. The quantitative estimate of drug-likeness (QED) is 0.0205. The molecule has 0 spiro atoms. The lowest BCUT2D eigenvalue weighted by molar-refractivity contribution is -0.870. The Bertz CT molecular complexity index is 1670. The molecular weight excluding hydrogens is 964 g/mol. The molecule has 0 fully saturated rings. The molecule has 0 aromatic carbocycles. The number of amides is 1. The minimum atomic E-state index is -4.47. The first-order valence-corrected chi connectivity index (χ1v) is 32.2. The lowest BCUT2D eigenvalue weighted by Crippen LogP contribution is -2.47. The van der Waals surface area contributed by atoms with Crippen LogP contribution in [0.25, 0.3) is 0 Å². The minimum Gasteiger partial charge on any atom is -0.456 e. The van der Waals surface area contributed by atoms with Crippen LogP contribution in [0.15, 0.2) is 109 Å². The van der Waals surface area contributed by atoms with E-state index >= 15 is 0 Å². The van der Waals surface area contributed by atoms with Crippen LogP contribution in [0.4, 0.5) is 0 Å². The zero-order chi connectivity index (χ0) is 55.7. The van der Waals surface area contributed by atoms with Crippen LogP contribution >= 0.6 is 7.82 Å². The molecule has 0 aliphatic carbocycles. The number of quaternary nitrogens is 1. The SMILES string of the molecule is CC/C=C\C/C=C\C/C=C\C/C=C\C/C=C\C/C=C\CCCCC(=O)NC(COP(=O)(O)OCC[N+](C)(C)C)C(/C=C\CCCCCCCCCCCC)OC(=O)CCCCCCCCC/C=C\C/C=C\CCCCC. The van der Waals surface area contributed by atoms with Gasteiger partial charge in [-0.2, -0.15) is 0 Å². The Balaban J connectivity index is 5.38. The Morgan fingerprint density at radius 3 is 1.30 bits per heavy atom. The van der Waals surface area contributed by atoms with Crippen molar-refractivity contribution in [3.8, 4) is 0 Å². The number of allylic oxidation sites excluding steroid dienone is 17. The smallest absolute Gasteiger partial charge is 0.456 e. The predicted molar refractivity (Wildman–Crippen MR) is 327 cm³/mol. The van der Waals surface area contributed by atoms with Gasteiger partial charge in [0, 0.05) is 12.8 Å². The molecule has 0 bridgehead atoms. The number of ether oxygens (including phenoxy) is 1. The normalized spacial score (nSPS) is 14.5. The molecule has 0 aromatic heterocycles. The molecule has 0 saturated heterocycles. The monoisotopic (exact) mass is 1080 g/mol. The summed E-state index contributed by atoms with van der Waals surface area (Å²) in [5.74, 6) is -0.571. The van der Waals surface area contributed by atoms with Gasteiger partial charge in [-0.15, -0.1) is 0 Å². The number of nitrogens with zero attached hydrogens (tertiary/aromatic N) is 1. The number of carbonyl (C=O) groups excluding carboxylic acids is 2. The van der Waals surface area contributed by atoms with E-state index in [1.54, 1.807) is 0 Å². The highest BCUT2D eigenvalue weighted by Crippen LogP contribution is 2.43. The number of carbonyl (C=O) groups is 2. The average Bonchev–Trinajstić information content (AvgIpc) is 3.38. The summed E-state index contributed by atoms with van der Waals surface area (Å²) >= 11 is 0. The van der Waals surface area contributed by atoms with E-state index in [0.717, 1.165) is 109 Å². The van der Waals surface area contributed by atoms with Gasteiger partial charge in [0.15, 0.2) is 0 Å². The molecule has 0 radical (unpaired) electrons. The molecule has 0 aliphatic rings. The van der Waals surface area contributed by atoms with Crippen molar-refractivity contribution in [2.75, 3.05) is 40.9 Å². The van der Waals surface area contributed by atoms with Gasteiger partial charge in [0.05, 0.1) is 33.8 Å². The zero-order valence-electron chi connectivity index (χ0n) is 49.7. The zero-order valence-corrected chi connectivity index (χ0v) is 50.6. The van der Waals surface area contributed by atoms with E-state index in [1.165, 1.54) is 96.3 Å². The summed E-state index contributed by atoms with van der Waals surface area (Å²) in [4.78, 5) is 37.7. The van der Waals surface area contributed by atoms with Gasteiger partial charge < -0.3 is 19.4 Å². The molecule has 0 saturated carbocycles. The van der Waals surface area contributed by atoms with Crippen molar-refractivity contribution >= 4 is 19.7 Å². The number of phosphoric acid groups is 1. The standard InChI is InChI=1S/C66H115N2O7P/c1-7-10-13-16-19-22-25-28-30-32-33-34-35-37-38-40-43-46-49-52-55-58-65(69)67-63(62-74-76(71,72)73-61-60-68(4,5)6)64(57-54-51-48-45-42-27-24-21-18-15-12-9-3)75-66(70)59-56-53-50-47-44-41-39-36-31-29-26-23-20-17-14-11-8-2/h10,13,19-20,22-23,28-31,33-34,37-38,43,46,54,57,63-64H,7-9,11-12,14-18,21,24-27,32,35-36,39-42,44-45,47-53,55-56,58-62H2,1-6H3,(H-,67,69,71,72)/p+1/b13-10-,22-19-,23-20-,30-28-,31-29-,34-33-,38-37-,46-43-,57-54-. The number of nitrogens with one attached hydrogen (secondary N) is 1.